The van der Waals surface area contributed by atoms with Crippen molar-refractivity contribution in [2.75, 3.05) is 6.61 Å². The first-order chi connectivity index (χ1) is 8.34. The Kier molecular flexibility index (Phi) is 3.17. The zero-order valence-corrected chi connectivity index (χ0v) is 10.2. The molecule has 1 aromatic rings. The van der Waals surface area contributed by atoms with Gasteiger partial charge >= 0.3 is 0 Å². The van der Waals surface area contributed by atoms with Crippen LogP contribution in [-0.4, -0.2) is 11.7 Å². The minimum atomic E-state index is -0.253. The fourth-order valence-corrected chi connectivity index (χ4v) is 2.84. The first-order valence-corrected chi connectivity index (χ1v) is 6.71. The zero-order chi connectivity index (χ0) is 11.7. The molecular formula is C15H20O2. The Balaban J connectivity index is 1.62. The van der Waals surface area contributed by atoms with E-state index in [-0.39, 0.29) is 6.10 Å². The van der Waals surface area contributed by atoms with Gasteiger partial charge in [0.2, 0.25) is 0 Å². The Morgan fingerprint density at radius 1 is 1.24 bits per heavy atom. The van der Waals surface area contributed by atoms with Gasteiger partial charge in [-0.3, -0.25) is 0 Å². The number of ether oxygens (including phenoxy) is 1. The molecule has 1 N–H and O–H groups in total. The summed E-state index contributed by atoms with van der Waals surface area (Å²) in [6.07, 6.45) is 5.67. The molecule has 0 saturated heterocycles. The first-order valence-electron chi connectivity index (χ1n) is 6.71. The van der Waals surface area contributed by atoms with Crippen LogP contribution in [0.3, 0.4) is 0 Å². The highest BCUT2D eigenvalue weighted by molar-refractivity contribution is 5.39. The van der Waals surface area contributed by atoms with Gasteiger partial charge in [0, 0.05) is 6.61 Å². The lowest BCUT2D eigenvalue weighted by Gasteiger charge is -2.25. The van der Waals surface area contributed by atoms with E-state index < -0.39 is 0 Å². The second-order valence-electron chi connectivity index (χ2n) is 5.35. The Morgan fingerprint density at radius 3 is 2.88 bits per heavy atom. The maximum atomic E-state index is 9.83. The number of hydrogen-bond donors (Lipinski definition) is 1. The van der Waals surface area contributed by atoms with Gasteiger partial charge in [0.15, 0.2) is 0 Å². The van der Waals surface area contributed by atoms with Gasteiger partial charge in [-0.2, -0.15) is 0 Å². The molecule has 1 atom stereocenters. The monoisotopic (exact) mass is 232 g/mol. The first kappa shape index (κ1) is 11.2. The highest BCUT2D eigenvalue weighted by atomic mass is 16.5. The molecule has 1 aromatic carbocycles. The predicted octanol–water partition coefficient (Wildman–Crippen LogP) is 2.98. The van der Waals surface area contributed by atoms with Crippen LogP contribution in [0, 0.1) is 5.92 Å². The number of aliphatic hydroxyl groups excluding tert-OH is 1. The van der Waals surface area contributed by atoms with Gasteiger partial charge in [-0.1, -0.05) is 24.6 Å². The summed E-state index contributed by atoms with van der Waals surface area (Å²) in [5, 5.41) is 9.83. The molecule has 0 radical (unpaired) electrons. The molecule has 2 heteroatoms. The summed E-state index contributed by atoms with van der Waals surface area (Å²) in [4.78, 5) is 0. The van der Waals surface area contributed by atoms with Crippen molar-refractivity contribution in [3.63, 3.8) is 0 Å². The Labute approximate surface area is 103 Å². The van der Waals surface area contributed by atoms with Crippen molar-refractivity contribution in [3.8, 4) is 0 Å². The highest BCUT2D eigenvalue weighted by Gasteiger charge is 2.22. The van der Waals surface area contributed by atoms with Gasteiger partial charge in [0.05, 0.1) is 12.7 Å². The number of rotatable bonds is 4. The van der Waals surface area contributed by atoms with Crippen molar-refractivity contribution < 1.29 is 9.84 Å². The van der Waals surface area contributed by atoms with Crippen LogP contribution in [-0.2, 0) is 17.8 Å². The third-order valence-corrected chi connectivity index (χ3v) is 4.17. The predicted molar refractivity (Wildman–Crippen MR) is 66.7 cm³/mol. The normalized spacial score (nSPS) is 23.5. The van der Waals surface area contributed by atoms with E-state index in [1.807, 2.05) is 12.1 Å². The summed E-state index contributed by atoms with van der Waals surface area (Å²) in [5.41, 5.74) is 3.72. The Bertz CT molecular complexity index is 396. The maximum Gasteiger partial charge on any atom is 0.0796 e. The third kappa shape index (κ3) is 2.24. The lowest BCUT2D eigenvalue weighted by atomic mass is 9.86. The number of hydrogen-bond acceptors (Lipinski definition) is 2. The summed E-state index contributed by atoms with van der Waals surface area (Å²) in [6, 6.07) is 6.22. The molecule has 3 rings (SSSR count). The molecule has 0 heterocycles. The average molecular weight is 232 g/mol. The van der Waals surface area contributed by atoms with Gasteiger partial charge < -0.3 is 9.84 Å². The van der Waals surface area contributed by atoms with Crippen molar-refractivity contribution in [1.82, 2.24) is 0 Å². The van der Waals surface area contributed by atoms with Gasteiger partial charge in [0.1, 0.15) is 0 Å². The summed E-state index contributed by atoms with van der Waals surface area (Å²) in [6.45, 7) is 1.62. The Morgan fingerprint density at radius 2 is 2.12 bits per heavy atom. The van der Waals surface area contributed by atoms with Crippen LogP contribution in [0.5, 0.6) is 0 Å². The zero-order valence-electron chi connectivity index (χ0n) is 10.2. The molecule has 2 aliphatic carbocycles. The van der Waals surface area contributed by atoms with Crippen LogP contribution >= 0.6 is 0 Å². The van der Waals surface area contributed by atoms with Crippen molar-refractivity contribution in [2.45, 2.75) is 44.8 Å². The number of aliphatic hydroxyl groups is 1. The lowest BCUT2D eigenvalue weighted by Crippen LogP contribution is -2.17. The Hall–Kier alpha value is -0.860. The smallest absolute Gasteiger partial charge is 0.0796 e. The summed E-state index contributed by atoms with van der Waals surface area (Å²) >= 11 is 0. The molecule has 2 aliphatic rings. The van der Waals surface area contributed by atoms with E-state index >= 15 is 0 Å². The minimum absolute atomic E-state index is 0.253. The molecule has 0 bridgehead atoms. The number of benzene rings is 1. The molecule has 0 aromatic heterocycles. The molecular weight excluding hydrogens is 212 g/mol. The fourth-order valence-electron chi connectivity index (χ4n) is 2.84. The molecule has 92 valence electrons. The highest BCUT2D eigenvalue weighted by Crippen LogP contribution is 2.33. The van der Waals surface area contributed by atoms with E-state index in [1.54, 1.807) is 0 Å². The molecule has 2 nitrogen and oxygen atoms in total. The minimum Gasteiger partial charge on any atom is -0.388 e. The second-order valence-corrected chi connectivity index (χ2v) is 5.35. The molecule has 17 heavy (non-hydrogen) atoms. The van der Waals surface area contributed by atoms with Crippen molar-refractivity contribution in [2.24, 2.45) is 5.92 Å². The van der Waals surface area contributed by atoms with E-state index in [4.69, 9.17) is 4.74 Å². The molecule has 0 aliphatic heterocycles. The van der Waals surface area contributed by atoms with Crippen molar-refractivity contribution in [3.05, 3.63) is 34.9 Å². The van der Waals surface area contributed by atoms with Gasteiger partial charge in [-0.05, 0) is 48.3 Å². The average Bonchev–Trinajstić information content (AvgIpc) is 2.65. The van der Waals surface area contributed by atoms with Crippen molar-refractivity contribution in [1.29, 1.82) is 0 Å². The van der Waals surface area contributed by atoms with Gasteiger partial charge in [0.25, 0.3) is 0 Å². The van der Waals surface area contributed by atoms with E-state index in [0.29, 0.717) is 6.61 Å². The van der Waals surface area contributed by atoms with E-state index in [9.17, 15) is 5.11 Å². The fraction of sp³-hybridized carbons (Fsp3) is 0.600. The van der Waals surface area contributed by atoms with Crippen molar-refractivity contribution >= 4 is 0 Å². The third-order valence-electron chi connectivity index (χ3n) is 4.17. The largest absolute Gasteiger partial charge is 0.388 e. The van der Waals surface area contributed by atoms with E-state index in [0.717, 1.165) is 30.9 Å². The van der Waals surface area contributed by atoms with Crippen LogP contribution in [0.4, 0.5) is 0 Å². The number of fused-ring (bicyclic) bond motifs is 1. The van der Waals surface area contributed by atoms with Crippen LogP contribution in [0.15, 0.2) is 18.2 Å². The lowest BCUT2D eigenvalue weighted by molar-refractivity contribution is 0.0593. The summed E-state index contributed by atoms with van der Waals surface area (Å²) in [7, 11) is 0. The van der Waals surface area contributed by atoms with Gasteiger partial charge in [-0.15, -0.1) is 0 Å². The van der Waals surface area contributed by atoms with Crippen LogP contribution in [0.25, 0.3) is 0 Å². The SMILES string of the molecule is OC1CCc2c(COCC3CCC3)cccc21. The molecule has 1 unspecified atom stereocenters. The standard InChI is InChI=1S/C15H20O2/c16-15-8-7-13-12(5-2-6-14(13)15)10-17-9-11-3-1-4-11/h2,5-6,11,15-16H,1,3-4,7-10H2. The van der Waals surface area contributed by atoms with Crippen LogP contribution in [0.1, 0.15) is 48.5 Å². The van der Waals surface area contributed by atoms with E-state index in [2.05, 4.69) is 6.07 Å². The van der Waals surface area contributed by atoms with Crippen LogP contribution < -0.4 is 0 Å². The van der Waals surface area contributed by atoms with Gasteiger partial charge in [-0.25, -0.2) is 0 Å². The molecule has 0 amide bonds. The maximum absolute atomic E-state index is 9.83. The molecule has 1 fully saturated rings. The van der Waals surface area contributed by atoms with Crippen LogP contribution in [0.2, 0.25) is 0 Å². The molecule has 1 saturated carbocycles. The summed E-state index contributed by atoms with van der Waals surface area (Å²) in [5.74, 6) is 0.803. The summed E-state index contributed by atoms with van der Waals surface area (Å²) < 4.78 is 5.80. The quantitative estimate of drug-likeness (QED) is 0.864. The molecule has 0 spiro atoms. The topological polar surface area (TPSA) is 29.5 Å². The second kappa shape index (κ2) is 4.79. The van der Waals surface area contributed by atoms with E-state index in [1.165, 1.54) is 30.4 Å².